The first-order chi connectivity index (χ1) is 8.76. The van der Waals surface area contributed by atoms with Gasteiger partial charge in [0.2, 0.25) is 0 Å². The van der Waals surface area contributed by atoms with E-state index in [1.165, 1.54) is 16.0 Å². The normalized spacial score (nSPS) is 12.4. The fourth-order valence-electron chi connectivity index (χ4n) is 2.01. The van der Waals surface area contributed by atoms with Gasteiger partial charge in [0, 0.05) is 0 Å². The fraction of sp³-hybridized carbons (Fsp3) is 0.333. The minimum atomic E-state index is 0.213. The Morgan fingerprint density at radius 1 is 1.22 bits per heavy atom. The van der Waals surface area contributed by atoms with Gasteiger partial charge < -0.3 is 10.1 Å². The smallest absolute Gasteiger partial charge is 0.134 e. The molecule has 0 fully saturated rings. The monoisotopic (exact) mass is 261 g/mol. The Kier molecular flexibility index (Phi) is 4.39. The average Bonchev–Trinajstić information content (AvgIpc) is 2.85. The summed E-state index contributed by atoms with van der Waals surface area (Å²) in [5.41, 5.74) is 2.57. The number of methoxy groups -OCH3 is 1. The maximum Gasteiger partial charge on any atom is 0.134 e. The van der Waals surface area contributed by atoms with Crippen molar-refractivity contribution in [2.24, 2.45) is 0 Å². The molecule has 96 valence electrons. The first-order valence-corrected chi connectivity index (χ1v) is 7.05. The summed E-state index contributed by atoms with van der Waals surface area (Å²) < 4.78 is 5.43. The maximum absolute atomic E-state index is 5.43. The van der Waals surface area contributed by atoms with Crippen LogP contribution in [-0.2, 0) is 0 Å². The maximum atomic E-state index is 5.43. The van der Waals surface area contributed by atoms with E-state index < -0.39 is 0 Å². The van der Waals surface area contributed by atoms with Crippen LogP contribution in [0.4, 0.5) is 0 Å². The third-order valence-corrected chi connectivity index (χ3v) is 3.92. The van der Waals surface area contributed by atoms with E-state index in [0.29, 0.717) is 0 Å². The third kappa shape index (κ3) is 2.74. The number of nitrogens with one attached hydrogen (secondary N) is 1. The van der Waals surface area contributed by atoms with Crippen molar-refractivity contribution in [2.45, 2.75) is 19.9 Å². The van der Waals surface area contributed by atoms with Crippen LogP contribution in [0.3, 0.4) is 0 Å². The summed E-state index contributed by atoms with van der Waals surface area (Å²) in [7, 11) is 1.73. The Hall–Kier alpha value is -1.32. The molecule has 0 aliphatic heterocycles. The molecule has 1 aromatic carbocycles. The molecule has 0 bridgehead atoms. The highest BCUT2D eigenvalue weighted by Crippen LogP contribution is 2.34. The van der Waals surface area contributed by atoms with Gasteiger partial charge in [0.15, 0.2) is 0 Å². The Bertz CT molecular complexity index is 489. The number of aryl methyl sites for hydroxylation is 1. The van der Waals surface area contributed by atoms with Gasteiger partial charge in [-0.15, -0.1) is 11.3 Å². The van der Waals surface area contributed by atoms with Gasteiger partial charge in [0.25, 0.3) is 0 Å². The second-order valence-corrected chi connectivity index (χ2v) is 5.20. The van der Waals surface area contributed by atoms with E-state index >= 15 is 0 Å². The van der Waals surface area contributed by atoms with Crippen LogP contribution < -0.4 is 10.1 Å². The van der Waals surface area contributed by atoms with Gasteiger partial charge in [-0.25, -0.2) is 0 Å². The van der Waals surface area contributed by atoms with E-state index in [4.69, 9.17) is 4.74 Å². The number of benzene rings is 1. The van der Waals surface area contributed by atoms with Gasteiger partial charge in [-0.05, 0) is 30.5 Å². The van der Waals surface area contributed by atoms with Crippen molar-refractivity contribution in [2.75, 3.05) is 13.7 Å². The first-order valence-electron chi connectivity index (χ1n) is 6.17. The molecule has 0 amide bonds. The summed E-state index contributed by atoms with van der Waals surface area (Å²) in [6.07, 6.45) is 0. The molecule has 2 nitrogen and oxygen atoms in total. The predicted molar refractivity (Wildman–Crippen MR) is 77.6 cm³/mol. The quantitative estimate of drug-likeness (QED) is 0.884. The molecule has 0 aliphatic rings. The van der Waals surface area contributed by atoms with Crippen LogP contribution in [0, 0.1) is 6.92 Å². The lowest BCUT2D eigenvalue weighted by Gasteiger charge is -2.18. The molecular weight excluding hydrogens is 242 g/mol. The number of thiophene rings is 1. The highest BCUT2D eigenvalue weighted by atomic mass is 32.1. The minimum absolute atomic E-state index is 0.213. The molecule has 1 N–H and O–H groups in total. The molecule has 1 aromatic heterocycles. The molecule has 2 aromatic rings. The molecule has 0 aliphatic carbocycles. The van der Waals surface area contributed by atoms with Crippen LogP contribution in [0.1, 0.15) is 29.0 Å². The first kappa shape index (κ1) is 13.1. The number of ether oxygens (including phenoxy) is 1. The Labute approximate surface area is 113 Å². The molecule has 0 spiro atoms. The van der Waals surface area contributed by atoms with Gasteiger partial charge >= 0.3 is 0 Å². The molecule has 0 radical (unpaired) electrons. The summed E-state index contributed by atoms with van der Waals surface area (Å²) in [6, 6.07) is 10.9. The Morgan fingerprint density at radius 3 is 2.56 bits per heavy atom. The van der Waals surface area contributed by atoms with Crippen molar-refractivity contribution >= 4 is 11.3 Å². The Morgan fingerprint density at radius 2 is 1.94 bits per heavy atom. The van der Waals surface area contributed by atoms with E-state index in [1.807, 2.05) is 6.07 Å². The lowest BCUT2D eigenvalue weighted by Crippen LogP contribution is -2.21. The van der Waals surface area contributed by atoms with Crippen LogP contribution in [0.2, 0.25) is 0 Å². The van der Waals surface area contributed by atoms with Gasteiger partial charge in [0.1, 0.15) is 5.75 Å². The van der Waals surface area contributed by atoms with E-state index in [0.717, 1.165) is 12.3 Å². The average molecular weight is 261 g/mol. The molecule has 1 heterocycles. The van der Waals surface area contributed by atoms with Crippen molar-refractivity contribution in [3.8, 4) is 5.75 Å². The van der Waals surface area contributed by atoms with E-state index in [9.17, 15) is 0 Å². The second kappa shape index (κ2) is 6.03. The molecule has 0 saturated heterocycles. The van der Waals surface area contributed by atoms with Crippen molar-refractivity contribution in [3.63, 3.8) is 0 Å². The van der Waals surface area contributed by atoms with E-state index in [-0.39, 0.29) is 6.04 Å². The molecule has 18 heavy (non-hydrogen) atoms. The van der Waals surface area contributed by atoms with Gasteiger partial charge in [-0.3, -0.25) is 0 Å². The largest absolute Gasteiger partial charge is 0.496 e. The fourth-order valence-corrected chi connectivity index (χ4v) is 2.97. The molecule has 0 saturated carbocycles. The highest BCUT2D eigenvalue weighted by molar-refractivity contribution is 7.10. The third-order valence-electron chi connectivity index (χ3n) is 2.96. The summed E-state index contributed by atoms with van der Waals surface area (Å²) >= 11 is 1.73. The zero-order valence-electron chi connectivity index (χ0n) is 11.1. The number of hydrogen-bond donors (Lipinski definition) is 1. The lowest BCUT2D eigenvalue weighted by atomic mass is 10.0. The number of hydrogen-bond acceptors (Lipinski definition) is 3. The van der Waals surface area contributed by atoms with Gasteiger partial charge in [-0.1, -0.05) is 36.8 Å². The summed E-state index contributed by atoms with van der Waals surface area (Å²) in [4.78, 5) is 1.24. The zero-order chi connectivity index (χ0) is 13.0. The van der Waals surface area contributed by atoms with E-state index in [1.54, 1.807) is 18.4 Å². The molecule has 2 rings (SSSR count). The summed E-state index contributed by atoms with van der Waals surface area (Å²) in [5, 5.41) is 5.60. The number of rotatable bonds is 5. The van der Waals surface area contributed by atoms with Crippen molar-refractivity contribution in [3.05, 3.63) is 51.7 Å². The van der Waals surface area contributed by atoms with Crippen LogP contribution in [0.5, 0.6) is 5.75 Å². The van der Waals surface area contributed by atoms with Gasteiger partial charge in [0.05, 0.1) is 18.0 Å². The van der Waals surface area contributed by atoms with Crippen LogP contribution in [0.15, 0.2) is 35.7 Å². The van der Waals surface area contributed by atoms with Crippen molar-refractivity contribution < 1.29 is 4.74 Å². The molecule has 3 heteroatoms. The van der Waals surface area contributed by atoms with Crippen molar-refractivity contribution in [1.29, 1.82) is 0 Å². The second-order valence-electron chi connectivity index (χ2n) is 4.25. The van der Waals surface area contributed by atoms with Gasteiger partial charge in [-0.2, -0.15) is 0 Å². The summed E-state index contributed by atoms with van der Waals surface area (Å²) in [5.74, 6) is 0.964. The van der Waals surface area contributed by atoms with Crippen LogP contribution in [0.25, 0.3) is 0 Å². The zero-order valence-corrected chi connectivity index (χ0v) is 11.9. The molecule has 1 atom stereocenters. The highest BCUT2D eigenvalue weighted by Gasteiger charge is 2.18. The predicted octanol–water partition coefficient (Wildman–Crippen LogP) is 3.76. The van der Waals surface area contributed by atoms with Crippen molar-refractivity contribution in [1.82, 2.24) is 5.32 Å². The lowest BCUT2D eigenvalue weighted by molar-refractivity contribution is 0.408. The summed E-state index contributed by atoms with van der Waals surface area (Å²) in [6.45, 7) is 5.17. The van der Waals surface area contributed by atoms with Crippen LogP contribution >= 0.6 is 11.3 Å². The Balaban J connectivity index is 2.36. The standard InChI is InChI=1S/C15H19NOS/c1-4-16-14(12-7-5-11(2)6-8-12)15-13(17-3)9-10-18-15/h5-10,14,16H,4H2,1-3H3. The minimum Gasteiger partial charge on any atom is -0.496 e. The van der Waals surface area contributed by atoms with E-state index in [2.05, 4.69) is 48.8 Å². The topological polar surface area (TPSA) is 21.3 Å². The van der Waals surface area contributed by atoms with Crippen LogP contribution in [-0.4, -0.2) is 13.7 Å². The molecule has 1 unspecified atom stereocenters. The SMILES string of the molecule is CCNC(c1ccc(C)cc1)c1sccc1OC. The molecular formula is C15H19NOS.